The summed E-state index contributed by atoms with van der Waals surface area (Å²) in [4.78, 5) is 16.7. The molecule has 3 aromatic rings. The van der Waals surface area contributed by atoms with Gasteiger partial charge in [-0.15, -0.1) is 0 Å². The van der Waals surface area contributed by atoms with Gasteiger partial charge in [0.05, 0.1) is 5.52 Å². The number of hydrogen-bond acceptors (Lipinski definition) is 3. The minimum absolute atomic E-state index is 0.211. The molecule has 25 heavy (non-hydrogen) atoms. The zero-order valence-electron chi connectivity index (χ0n) is 14.8. The van der Waals surface area contributed by atoms with Crippen molar-refractivity contribution in [2.24, 2.45) is 11.3 Å². The van der Waals surface area contributed by atoms with Crippen LogP contribution in [0.3, 0.4) is 0 Å². The Labute approximate surface area is 146 Å². The Balaban J connectivity index is 1.79. The predicted octanol–water partition coefficient (Wildman–Crippen LogP) is 4.84. The first-order chi connectivity index (χ1) is 12.0. The van der Waals surface area contributed by atoms with E-state index in [-0.39, 0.29) is 5.41 Å². The minimum Gasteiger partial charge on any atom is -0.422 e. The fourth-order valence-electron chi connectivity index (χ4n) is 3.88. The summed E-state index contributed by atoms with van der Waals surface area (Å²) in [6.07, 6.45) is 10.6. The van der Waals surface area contributed by atoms with Crippen LogP contribution in [0.4, 0.5) is 0 Å². The minimum atomic E-state index is -0.393. The van der Waals surface area contributed by atoms with Crippen LogP contribution in [0.5, 0.6) is 0 Å². The third-order valence-corrected chi connectivity index (χ3v) is 5.29. The summed E-state index contributed by atoms with van der Waals surface area (Å²) in [5, 5.41) is 0. The van der Waals surface area contributed by atoms with Gasteiger partial charge in [-0.1, -0.05) is 37.6 Å². The van der Waals surface area contributed by atoms with Gasteiger partial charge in [0, 0.05) is 18.2 Å². The van der Waals surface area contributed by atoms with E-state index in [1.165, 1.54) is 5.57 Å². The fourth-order valence-corrected chi connectivity index (χ4v) is 3.88. The van der Waals surface area contributed by atoms with E-state index in [0.29, 0.717) is 17.2 Å². The maximum absolute atomic E-state index is 12.3. The monoisotopic (exact) mass is 334 g/mol. The maximum atomic E-state index is 12.3. The van der Waals surface area contributed by atoms with E-state index in [1.807, 2.05) is 40.9 Å². The van der Waals surface area contributed by atoms with Crippen molar-refractivity contribution in [1.82, 2.24) is 9.38 Å². The molecule has 3 aromatic heterocycles. The highest BCUT2D eigenvalue weighted by molar-refractivity contribution is 5.80. The van der Waals surface area contributed by atoms with Crippen LogP contribution in [0.25, 0.3) is 22.8 Å². The highest BCUT2D eigenvalue weighted by Gasteiger charge is 2.30. The summed E-state index contributed by atoms with van der Waals surface area (Å²) < 4.78 is 7.39. The summed E-state index contributed by atoms with van der Waals surface area (Å²) in [5.41, 5.74) is 3.10. The zero-order chi connectivity index (χ0) is 17.6. The molecule has 0 radical (unpaired) electrons. The van der Waals surface area contributed by atoms with Gasteiger partial charge in [-0.2, -0.15) is 0 Å². The van der Waals surface area contributed by atoms with Crippen molar-refractivity contribution >= 4 is 22.8 Å². The molecule has 0 spiro atoms. The second kappa shape index (κ2) is 5.73. The van der Waals surface area contributed by atoms with Gasteiger partial charge in [-0.25, -0.2) is 9.78 Å². The number of imidazole rings is 1. The van der Waals surface area contributed by atoms with Crippen LogP contribution >= 0.6 is 0 Å². The van der Waals surface area contributed by atoms with E-state index in [2.05, 4.69) is 37.9 Å². The van der Waals surface area contributed by atoms with Crippen LogP contribution in [0.1, 0.15) is 39.4 Å². The molecule has 0 fully saturated rings. The molecule has 0 N–H and O–H groups in total. The van der Waals surface area contributed by atoms with Gasteiger partial charge in [0.25, 0.3) is 0 Å². The Hall–Kier alpha value is -2.62. The van der Waals surface area contributed by atoms with Gasteiger partial charge in [0.1, 0.15) is 11.4 Å². The molecule has 0 amide bonds. The second-order valence-corrected chi connectivity index (χ2v) is 7.52. The first-order valence-corrected chi connectivity index (χ1v) is 8.71. The average molecular weight is 334 g/mol. The van der Waals surface area contributed by atoms with Crippen molar-refractivity contribution in [3.05, 3.63) is 64.4 Å². The molecular weight excluding hydrogens is 312 g/mol. The second-order valence-electron chi connectivity index (χ2n) is 7.52. The van der Waals surface area contributed by atoms with Crippen LogP contribution in [-0.4, -0.2) is 9.38 Å². The molecular formula is C21H22N2O2. The number of allylic oxidation sites excluding steroid dienone is 3. The van der Waals surface area contributed by atoms with Crippen LogP contribution in [-0.2, 0) is 0 Å². The Morgan fingerprint density at radius 3 is 3.00 bits per heavy atom. The molecule has 1 unspecified atom stereocenters. The van der Waals surface area contributed by atoms with Crippen LogP contribution in [0.2, 0.25) is 0 Å². The molecule has 0 aliphatic heterocycles. The van der Waals surface area contributed by atoms with Crippen LogP contribution < -0.4 is 5.63 Å². The zero-order valence-corrected chi connectivity index (χ0v) is 14.8. The molecule has 0 aromatic carbocycles. The summed E-state index contributed by atoms with van der Waals surface area (Å²) in [6.45, 7) is 6.77. The van der Waals surface area contributed by atoms with Crippen LogP contribution in [0.15, 0.2) is 57.4 Å². The summed E-state index contributed by atoms with van der Waals surface area (Å²) >= 11 is 0. The van der Waals surface area contributed by atoms with E-state index >= 15 is 0 Å². The van der Waals surface area contributed by atoms with Crippen molar-refractivity contribution in [3.8, 4) is 0 Å². The van der Waals surface area contributed by atoms with E-state index in [0.717, 1.165) is 24.0 Å². The lowest BCUT2D eigenvalue weighted by Gasteiger charge is -2.36. The lowest BCUT2D eigenvalue weighted by atomic mass is 9.68. The number of nitrogens with zero attached hydrogens (tertiary/aromatic N) is 2. The lowest BCUT2D eigenvalue weighted by Crippen LogP contribution is -2.26. The number of hydrogen-bond donors (Lipinski definition) is 0. The highest BCUT2D eigenvalue weighted by atomic mass is 16.4. The number of aromatic nitrogens is 2. The smallest absolute Gasteiger partial charge is 0.364 e. The van der Waals surface area contributed by atoms with Crippen molar-refractivity contribution in [2.75, 3.05) is 0 Å². The highest BCUT2D eigenvalue weighted by Crippen LogP contribution is 2.41. The van der Waals surface area contributed by atoms with Gasteiger partial charge in [-0.05, 0) is 43.4 Å². The number of fused-ring (bicyclic) bond motifs is 3. The molecule has 0 saturated heterocycles. The van der Waals surface area contributed by atoms with Crippen molar-refractivity contribution < 1.29 is 4.42 Å². The molecule has 3 heterocycles. The van der Waals surface area contributed by atoms with Crippen LogP contribution in [0, 0.1) is 11.3 Å². The van der Waals surface area contributed by atoms with Gasteiger partial charge < -0.3 is 4.42 Å². The molecule has 1 aliphatic carbocycles. The summed E-state index contributed by atoms with van der Waals surface area (Å²) in [7, 11) is 0. The average Bonchev–Trinajstić information content (AvgIpc) is 2.93. The van der Waals surface area contributed by atoms with E-state index in [4.69, 9.17) is 4.42 Å². The largest absolute Gasteiger partial charge is 0.422 e. The van der Waals surface area contributed by atoms with Crippen molar-refractivity contribution in [3.63, 3.8) is 0 Å². The third-order valence-electron chi connectivity index (χ3n) is 5.29. The Morgan fingerprint density at radius 2 is 2.20 bits per heavy atom. The first kappa shape index (κ1) is 15.9. The first-order valence-electron chi connectivity index (χ1n) is 8.71. The molecule has 1 aliphatic rings. The molecule has 4 nitrogen and oxygen atoms in total. The topological polar surface area (TPSA) is 47.5 Å². The number of rotatable bonds is 2. The Bertz CT molecular complexity index is 1070. The quantitative estimate of drug-likeness (QED) is 0.630. The molecule has 4 heteroatoms. The normalized spacial score (nSPS) is 20.4. The summed E-state index contributed by atoms with van der Waals surface area (Å²) in [6, 6.07) is 7.61. The van der Waals surface area contributed by atoms with Gasteiger partial charge in [-0.3, -0.25) is 4.40 Å². The predicted molar refractivity (Wildman–Crippen MR) is 101 cm³/mol. The van der Waals surface area contributed by atoms with Gasteiger partial charge >= 0.3 is 5.63 Å². The van der Waals surface area contributed by atoms with Crippen molar-refractivity contribution in [1.29, 1.82) is 0 Å². The lowest BCUT2D eigenvalue weighted by molar-refractivity contribution is 0.256. The standard InChI is InChI=1S/C21H22N2O2/c1-14-7-6-11-21(2,3)16(14)10-9-15-13-17-19(20(24)25-15)22-18-8-4-5-12-23(17)18/h4-5,7-10,12-13,16H,6,11H2,1-3H3/b10-9+. The Kier molecular flexibility index (Phi) is 3.64. The third kappa shape index (κ3) is 2.72. The van der Waals surface area contributed by atoms with Gasteiger partial charge in [0.2, 0.25) is 0 Å². The van der Waals surface area contributed by atoms with E-state index in [9.17, 15) is 4.79 Å². The molecule has 0 saturated carbocycles. The van der Waals surface area contributed by atoms with E-state index in [1.54, 1.807) is 0 Å². The van der Waals surface area contributed by atoms with E-state index < -0.39 is 5.63 Å². The maximum Gasteiger partial charge on any atom is 0.364 e. The molecule has 128 valence electrons. The SMILES string of the molecule is CC1=CCCC(C)(C)C1/C=C/c1cc2c(nc3ccccn32)c(=O)o1. The Morgan fingerprint density at radius 1 is 1.36 bits per heavy atom. The molecule has 0 bridgehead atoms. The summed E-state index contributed by atoms with van der Waals surface area (Å²) in [5.74, 6) is 0.918. The van der Waals surface area contributed by atoms with Gasteiger partial charge in [0.15, 0.2) is 5.52 Å². The number of pyridine rings is 1. The fraction of sp³-hybridized carbons (Fsp3) is 0.333. The molecule has 1 atom stereocenters. The van der Waals surface area contributed by atoms with Crippen molar-refractivity contribution in [2.45, 2.75) is 33.6 Å². The molecule has 4 rings (SSSR count).